The number of methoxy groups -OCH3 is 1. The Hall–Kier alpha value is -0.520. The van der Waals surface area contributed by atoms with Crippen LogP contribution in [0.3, 0.4) is 0 Å². The largest absolute Gasteiger partial charge is 0.377 e. The minimum Gasteiger partial charge on any atom is -0.377 e. The van der Waals surface area contributed by atoms with Gasteiger partial charge in [-0.05, 0) is 6.92 Å². The van der Waals surface area contributed by atoms with E-state index in [1.54, 1.807) is 14.0 Å². The van der Waals surface area contributed by atoms with Crippen molar-refractivity contribution in [2.45, 2.75) is 13.0 Å². The molecule has 0 aromatic carbocycles. The van der Waals surface area contributed by atoms with E-state index in [0.717, 1.165) is 6.61 Å². The van der Waals surface area contributed by atoms with Gasteiger partial charge in [0.05, 0.1) is 0 Å². The molecule has 0 spiro atoms. The number of hydrogen-bond donors (Lipinski definition) is 1. The number of ether oxygens (including phenoxy) is 1. The summed E-state index contributed by atoms with van der Waals surface area (Å²) in [4.78, 5) is 0. The minimum atomic E-state index is -0.0987. The fraction of sp³-hybridized carbons (Fsp3) is 0.500. The van der Waals surface area contributed by atoms with Crippen LogP contribution in [0.5, 0.6) is 0 Å². The summed E-state index contributed by atoms with van der Waals surface area (Å²) in [6.45, 7) is 2.60. The Morgan fingerprint density at radius 2 is 2.38 bits per heavy atom. The van der Waals surface area contributed by atoms with Crippen molar-refractivity contribution in [3.05, 3.63) is 6.61 Å². The Kier molecular flexibility index (Phi) is 4.33. The molecule has 1 radical (unpaired) electrons. The van der Waals surface area contributed by atoms with Crippen LogP contribution >= 0.6 is 0 Å². The highest BCUT2D eigenvalue weighted by Crippen LogP contribution is 1.81. The lowest BCUT2D eigenvalue weighted by Crippen LogP contribution is -1.99. The summed E-state index contributed by atoms with van der Waals surface area (Å²) in [6, 6.07) is 0. The molecule has 0 saturated heterocycles. The molecule has 0 heterocycles. The van der Waals surface area contributed by atoms with E-state index in [1.165, 1.54) is 0 Å². The first-order valence-corrected chi connectivity index (χ1v) is 2.31. The number of hydrogen-bond acceptors (Lipinski definition) is 2. The third-order valence-electron chi connectivity index (χ3n) is 0.705. The zero-order valence-corrected chi connectivity index (χ0v) is 5.01. The quantitative estimate of drug-likeness (QED) is 0.503. The van der Waals surface area contributed by atoms with E-state index in [9.17, 15) is 0 Å². The van der Waals surface area contributed by atoms with Gasteiger partial charge >= 0.3 is 0 Å². The first-order chi connectivity index (χ1) is 3.81. The molecule has 0 fully saturated rings. The van der Waals surface area contributed by atoms with Gasteiger partial charge in [0, 0.05) is 7.11 Å². The molecule has 0 aromatic rings. The van der Waals surface area contributed by atoms with Crippen LogP contribution in [0.25, 0.3) is 0 Å². The van der Waals surface area contributed by atoms with Crippen LogP contribution in [0.4, 0.5) is 0 Å². The Balaban J connectivity index is 3.35. The monoisotopic (exact) mass is 113 g/mol. The predicted octanol–water partition coefficient (Wildman–Crippen LogP) is 0.559. The molecule has 2 heteroatoms. The summed E-state index contributed by atoms with van der Waals surface area (Å²) in [5.41, 5.74) is 0. The third kappa shape index (κ3) is 3.66. The predicted molar refractivity (Wildman–Crippen MR) is 30.5 cm³/mol. The fourth-order valence-corrected chi connectivity index (χ4v) is 0.214. The highest BCUT2D eigenvalue weighted by atomic mass is 16.5. The molecule has 8 heavy (non-hydrogen) atoms. The SMILES string of the molecule is COC(C)C#C[CH]O. The first kappa shape index (κ1) is 7.48. The summed E-state index contributed by atoms with van der Waals surface area (Å²) < 4.78 is 4.75. The van der Waals surface area contributed by atoms with Crippen LogP contribution < -0.4 is 0 Å². The second-order valence-corrected chi connectivity index (χ2v) is 1.30. The van der Waals surface area contributed by atoms with Crippen LogP contribution in [0.1, 0.15) is 6.92 Å². The van der Waals surface area contributed by atoms with Crippen molar-refractivity contribution < 1.29 is 9.84 Å². The summed E-state index contributed by atoms with van der Waals surface area (Å²) in [5, 5.41) is 8.06. The molecule has 1 N–H and O–H groups in total. The zero-order chi connectivity index (χ0) is 6.41. The van der Waals surface area contributed by atoms with Gasteiger partial charge in [-0.25, -0.2) is 0 Å². The van der Waals surface area contributed by atoms with Gasteiger partial charge in [-0.2, -0.15) is 0 Å². The van der Waals surface area contributed by atoms with Crippen LogP contribution in [0.15, 0.2) is 0 Å². The molecule has 1 unspecified atom stereocenters. The smallest absolute Gasteiger partial charge is 0.151 e. The number of rotatable bonds is 1. The minimum absolute atomic E-state index is 0.0987. The van der Waals surface area contributed by atoms with E-state index in [2.05, 4.69) is 11.8 Å². The Morgan fingerprint density at radius 3 is 2.75 bits per heavy atom. The molecule has 2 nitrogen and oxygen atoms in total. The van der Waals surface area contributed by atoms with Crippen molar-refractivity contribution in [2.75, 3.05) is 7.11 Å². The summed E-state index contributed by atoms with van der Waals surface area (Å²) in [6.07, 6.45) is -0.0987. The normalized spacial score (nSPS) is 11.9. The maximum atomic E-state index is 8.06. The molecule has 0 aliphatic carbocycles. The van der Waals surface area contributed by atoms with Crippen molar-refractivity contribution in [1.29, 1.82) is 0 Å². The van der Waals surface area contributed by atoms with Crippen molar-refractivity contribution in [3.8, 4) is 11.8 Å². The summed E-state index contributed by atoms with van der Waals surface area (Å²) >= 11 is 0. The van der Waals surface area contributed by atoms with E-state index in [1.807, 2.05) is 0 Å². The van der Waals surface area contributed by atoms with Crippen molar-refractivity contribution >= 4 is 0 Å². The molecule has 0 saturated carbocycles. The molecule has 0 rings (SSSR count). The van der Waals surface area contributed by atoms with Gasteiger partial charge in [0.1, 0.15) is 6.10 Å². The highest BCUT2D eigenvalue weighted by molar-refractivity contribution is 5.08. The van der Waals surface area contributed by atoms with Gasteiger partial charge in [-0.15, -0.1) is 0 Å². The van der Waals surface area contributed by atoms with E-state index in [-0.39, 0.29) is 6.10 Å². The van der Waals surface area contributed by atoms with Crippen molar-refractivity contribution in [2.24, 2.45) is 0 Å². The molecule has 1 atom stereocenters. The van der Waals surface area contributed by atoms with Gasteiger partial charge < -0.3 is 9.84 Å². The van der Waals surface area contributed by atoms with E-state index in [0.29, 0.717) is 0 Å². The van der Waals surface area contributed by atoms with Crippen molar-refractivity contribution in [1.82, 2.24) is 0 Å². The highest BCUT2D eigenvalue weighted by Gasteiger charge is 1.86. The molecule has 0 aliphatic rings. The maximum Gasteiger partial charge on any atom is 0.151 e. The number of aliphatic hydroxyl groups excluding tert-OH is 1. The maximum absolute atomic E-state index is 8.06. The number of aliphatic hydroxyl groups is 1. The van der Waals surface area contributed by atoms with E-state index in [4.69, 9.17) is 9.84 Å². The fourth-order valence-electron chi connectivity index (χ4n) is 0.214. The lowest BCUT2D eigenvalue weighted by atomic mass is 10.4. The molecule has 0 amide bonds. The molecule has 0 aromatic heterocycles. The van der Waals surface area contributed by atoms with Crippen LogP contribution in [0, 0.1) is 18.4 Å². The van der Waals surface area contributed by atoms with E-state index >= 15 is 0 Å². The molecule has 45 valence electrons. The Morgan fingerprint density at radius 1 is 1.75 bits per heavy atom. The average Bonchev–Trinajstić information content (AvgIpc) is 1.83. The van der Waals surface area contributed by atoms with Crippen LogP contribution in [-0.4, -0.2) is 18.3 Å². The Labute approximate surface area is 49.5 Å². The summed E-state index contributed by atoms with van der Waals surface area (Å²) in [5.74, 6) is 4.96. The Bertz CT molecular complexity index is 98.8. The average molecular weight is 113 g/mol. The van der Waals surface area contributed by atoms with Gasteiger partial charge in [0.25, 0.3) is 0 Å². The third-order valence-corrected chi connectivity index (χ3v) is 0.705. The van der Waals surface area contributed by atoms with Crippen LogP contribution in [-0.2, 0) is 4.74 Å². The topological polar surface area (TPSA) is 29.5 Å². The molecule has 0 aliphatic heterocycles. The lowest BCUT2D eigenvalue weighted by Gasteiger charge is -1.95. The molecule has 0 bridgehead atoms. The van der Waals surface area contributed by atoms with Gasteiger partial charge in [-0.3, -0.25) is 0 Å². The second-order valence-electron chi connectivity index (χ2n) is 1.30. The van der Waals surface area contributed by atoms with Gasteiger partial charge in [0.2, 0.25) is 0 Å². The van der Waals surface area contributed by atoms with Crippen molar-refractivity contribution in [3.63, 3.8) is 0 Å². The van der Waals surface area contributed by atoms with Crippen LogP contribution in [0.2, 0.25) is 0 Å². The van der Waals surface area contributed by atoms with Gasteiger partial charge in [-0.1, -0.05) is 11.8 Å². The molecular weight excluding hydrogens is 104 g/mol. The first-order valence-electron chi connectivity index (χ1n) is 2.31. The second kappa shape index (κ2) is 4.63. The van der Waals surface area contributed by atoms with Gasteiger partial charge in [0.15, 0.2) is 6.61 Å². The standard InChI is InChI=1S/C6H9O2/c1-6(8-2)4-3-5-7/h5-7H,1-2H3. The molecular formula is C6H9O2. The lowest BCUT2D eigenvalue weighted by molar-refractivity contribution is 0.163. The zero-order valence-electron chi connectivity index (χ0n) is 5.01. The van der Waals surface area contributed by atoms with E-state index < -0.39 is 0 Å². The summed E-state index contributed by atoms with van der Waals surface area (Å²) in [7, 11) is 1.57.